The van der Waals surface area contributed by atoms with Gasteiger partial charge in [-0.05, 0) is 103 Å². The molecule has 0 aliphatic carbocycles. The van der Waals surface area contributed by atoms with Crippen molar-refractivity contribution in [1.82, 2.24) is 4.98 Å². The summed E-state index contributed by atoms with van der Waals surface area (Å²) in [5.74, 6) is 0. The second-order valence-electron chi connectivity index (χ2n) is 16.1. The molecule has 0 amide bonds. The van der Waals surface area contributed by atoms with Crippen LogP contribution in [0, 0.1) is 0 Å². The first-order valence-corrected chi connectivity index (χ1v) is 20.9. The number of furan rings is 1. The van der Waals surface area contributed by atoms with Crippen LogP contribution in [0.5, 0.6) is 0 Å². The highest BCUT2D eigenvalue weighted by molar-refractivity contribution is 6.25. The number of benzene rings is 10. The van der Waals surface area contributed by atoms with Crippen LogP contribution in [0.25, 0.3) is 110 Å². The number of hydrogen-bond acceptors (Lipinski definition) is 3. The van der Waals surface area contributed by atoms with Crippen LogP contribution < -0.4 is 5.73 Å². The molecule has 0 atom stereocenters. The molecule has 12 aromatic rings. The first-order valence-electron chi connectivity index (χ1n) is 20.9. The number of para-hydroxylation sites is 1. The van der Waals surface area contributed by atoms with Crippen LogP contribution >= 0.6 is 0 Å². The maximum absolute atomic E-state index is 6.92. The van der Waals surface area contributed by atoms with Gasteiger partial charge < -0.3 is 10.2 Å². The van der Waals surface area contributed by atoms with Crippen LogP contribution in [0.1, 0.15) is 11.1 Å². The zero-order valence-electron chi connectivity index (χ0n) is 33.3. The Morgan fingerprint density at radius 2 is 1.05 bits per heavy atom. The number of aromatic nitrogens is 1. The van der Waals surface area contributed by atoms with E-state index in [4.69, 9.17) is 15.1 Å². The minimum atomic E-state index is 0.780. The minimum absolute atomic E-state index is 0.780. The fourth-order valence-electron chi connectivity index (χ4n) is 9.53. The van der Waals surface area contributed by atoms with E-state index in [1.807, 2.05) is 18.2 Å². The summed E-state index contributed by atoms with van der Waals surface area (Å²) in [7, 11) is 0. The van der Waals surface area contributed by atoms with Gasteiger partial charge in [0.1, 0.15) is 11.2 Å². The SMILES string of the molecule is Nc1cc2ccccc2cc1-c1c(Cc2ccccc2)cc(-c2ccc(-c3ccc4c(c3)nc(-c3ccccc3)c3ccc5c6ccccc6oc5c34)cc2)c2ccccc12. The summed E-state index contributed by atoms with van der Waals surface area (Å²) in [4.78, 5) is 5.37. The molecule has 0 aliphatic heterocycles. The van der Waals surface area contributed by atoms with Gasteiger partial charge in [-0.1, -0.05) is 170 Å². The second kappa shape index (κ2) is 14.1. The van der Waals surface area contributed by atoms with E-state index >= 15 is 0 Å². The molecule has 0 unspecified atom stereocenters. The van der Waals surface area contributed by atoms with Crippen LogP contribution in [-0.4, -0.2) is 4.98 Å². The Labute approximate surface area is 353 Å². The van der Waals surface area contributed by atoms with E-state index in [2.05, 4.69) is 188 Å². The molecule has 2 aromatic heterocycles. The monoisotopic (exact) mass is 778 g/mol. The van der Waals surface area contributed by atoms with Gasteiger partial charge in [0.2, 0.25) is 0 Å². The van der Waals surface area contributed by atoms with Gasteiger partial charge in [-0.25, -0.2) is 4.98 Å². The zero-order valence-corrected chi connectivity index (χ0v) is 33.3. The van der Waals surface area contributed by atoms with E-state index in [0.717, 1.165) is 94.6 Å². The summed E-state index contributed by atoms with van der Waals surface area (Å²) < 4.78 is 6.63. The number of nitrogen functional groups attached to an aromatic ring is 1. The number of nitrogens with two attached hydrogens (primary N) is 1. The van der Waals surface area contributed by atoms with E-state index < -0.39 is 0 Å². The average molecular weight is 779 g/mol. The number of fused-ring (bicyclic) bond motifs is 9. The van der Waals surface area contributed by atoms with Gasteiger partial charge in [-0.2, -0.15) is 0 Å². The maximum Gasteiger partial charge on any atom is 0.144 e. The van der Waals surface area contributed by atoms with Crippen molar-refractivity contribution in [2.45, 2.75) is 6.42 Å². The van der Waals surface area contributed by atoms with Crippen LogP contribution in [-0.2, 0) is 6.42 Å². The Morgan fingerprint density at radius 1 is 0.426 bits per heavy atom. The molecule has 0 saturated carbocycles. The van der Waals surface area contributed by atoms with E-state index in [1.165, 1.54) is 38.4 Å². The number of pyridine rings is 1. The lowest BCUT2D eigenvalue weighted by Crippen LogP contribution is -1.99. The molecule has 0 aliphatic rings. The molecule has 286 valence electrons. The van der Waals surface area contributed by atoms with Gasteiger partial charge >= 0.3 is 0 Å². The lowest BCUT2D eigenvalue weighted by atomic mass is 9.84. The smallest absolute Gasteiger partial charge is 0.144 e. The molecule has 2 N–H and O–H groups in total. The Balaban J connectivity index is 1.01. The Bertz CT molecular complexity index is 3660. The van der Waals surface area contributed by atoms with E-state index in [1.54, 1.807) is 0 Å². The van der Waals surface area contributed by atoms with Crippen molar-refractivity contribution in [2.75, 3.05) is 5.73 Å². The number of hydrogen-bond donors (Lipinski definition) is 1. The largest absolute Gasteiger partial charge is 0.455 e. The van der Waals surface area contributed by atoms with Gasteiger partial charge in [-0.3, -0.25) is 0 Å². The van der Waals surface area contributed by atoms with Crippen LogP contribution in [0.3, 0.4) is 0 Å². The first kappa shape index (κ1) is 35.0. The molecule has 10 aromatic carbocycles. The van der Waals surface area contributed by atoms with Gasteiger partial charge in [0, 0.05) is 43.7 Å². The van der Waals surface area contributed by atoms with Gasteiger partial charge in [0.05, 0.1) is 11.2 Å². The normalized spacial score (nSPS) is 11.7. The first-order chi connectivity index (χ1) is 30.1. The quantitative estimate of drug-likeness (QED) is 0.135. The summed E-state index contributed by atoms with van der Waals surface area (Å²) in [6, 6.07) is 73.6. The second-order valence-corrected chi connectivity index (χ2v) is 16.1. The van der Waals surface area contributed by atoms with Gasteiger partial charge in [0.15, 0.2) is 0 Å². The summed E-state index contributed by atoms with van der Waals surface area (Å²) in [5, 5.41) is 10.2. The predicted octanol–water partition coefficient (Wildman–Crippen LogP) is 15.4. The molecule has 3 nitrogen and oxygen atoms in total. The molecule has 0 saturated heterocycles. The molecule has 0 spiro atoms. The molecular weight excluding hydrogens is 741 g/mol. The van der Waals surface area contributed by atoms with Crippen molar-refractivity contribution in [3.63, 3.8) is 0 Å². The topological polar surface area (TPSA) is 52.0 Å². The fourth-order valence-corrected chi connectivity index (χ4v) is 9.53. The highest BCUT2D eigenvalue weighted by Crippen LogP contribution is 2.44. The molecule has 2 heterocycles. The Morgan fingerprint density at radius 3 is 1.85 bits per heavy atom. The van der Waals surface area contributed by atoms with E-state index in [-0.39, 0.29) is 0 Å². The third kappa shape index (κ3) is 5.85. The molecule has 0 fully saturated rings. The molecular formula is C58H38N2O. The Kier molecular flexibility index (Phi) is 8.07. The highest BCUT2D eigenvalue weighted by Gasteiger charge is 2.20. The van der Waals surface area contributed by atoms with Crippen LogP contribution in [0.2, 0.25) is 0 Å². The fraction of sp³-hybridized carbons (Fsp3) is 0.0172. The van der Waals surface area contributed by atoms with Crippen molar-refractivity contribution in [2.24, 2.45) is 0 Å². The third-order valence-electron chi connectivity index (χ3n) is 12.4. The number of nitrogens with zero attached hydrogens (tertiary/aromatic N) is 1. The van der Waals surface area contributed by atoms with Gasteiger partial charge in [-0.15, -0.1) is 0 Å². The van der Waals surface area contributed by atoms with Crippen LogP contribution in [0.15, 0.2) is 211 Å². The van der Waals surface area contributed by atoms with E-state index in [9.17, 15) is 0 Å². The summed E-state index contributed by atoms with van der Waals surface area (Å²) in [5.41, 5.74) is 21.8. The standard InChI is InChI=1S/C58H38N2O/c59-52-34-41-18-8-7-17-40(41)32-51(52)55-43(31-36-13-3-1-4-14-36)33-50(44-19-9-10-21-46(44)55)38-25-23-37(24-26-38)42-27-28-48-53(35-42)60-57(39-15-5-2-6-16-39)49-30-29-47-45-20-11-12-22-54(45)61-58(47)56(48)49/h1-30,32-35H,31,59H2. The molecule has 0 radical (unpaired) electrons. The maximum atomic E-state index is 6.92. The summed E-state index contributed by atoms with van der Waals surface area (Å²) >= 11 is 0. The van der Waals surface area contributed by atoms with E-state index in [0.29, 0.717) is 0 Å². The van der Waals surface area contributed by atoms with Crippen molar-refractivity contribution in [3.8, 4) is 44.6 Å². The molecule has 3 heteroatoms. The predicted molar refractivity (Wildman–Crippen MR) is 257 cm³/mol. The lowest BCUT2D eigenvalue weighted by molar-refractivity contribution is 0.673. The zero-order chi connectivity index (χ0) is 40.4. The van der Waals surface area contributed by atoms with Crippen molar-refractivity contribution < 1.29 is 4.42 Å². The molecule has 0 bridgehead atoms. The van der Waals surface area contributed by atoms with Crippen molar-refractivity contribution in [1.29, 1.82) is 0 Å². The number of rotatable bonds is 6. The van der Waals surface area contributed by atoms with Crippen LogP contribution in [0.4, 0.5) is 5.69 Å². The minimum Gasteiger partial charge on any atom is -0.455 e. The third-order valence-corrected chi connectivity index (χ3v) is 12.4. The summed E-state index contributed by atoms with van der Waals surface area (Å²) in [6.07, 6.45) is 0.780. The summed E-state index contributed by atoms with van der Waals surface area (Å²) in [6.45, 7) is 0. The van der Waals surface area contributed by atoms with Crippen molar-refractivity contribution >= 4 is 70.8 Å². The molecule has 61 heavy (non-hydrogen) atoms. The van der Waals surface area contributed by atoms with Gasteiger partial charge in [0.25, 0.3) is 0 Å². The van der Waals surface area contributed by atoms with Crippen molar-refractivity contribution in [3.05, 3.63) is 217 Å². The highest BCUT2D eigenvalue weighted by atomic mass is 16.3. The molecule has 12 rings (SSSR count). The Hall–Kier alpha value is -8.01. The number of anilines is 1. The average Bonchev–Trinajstić information content (AvgIpc) is 3.70. The lowest BCUT2D eigenvalue weighted by Gasteiger charge is -2.20.